The van der Waals surface area contributed by atoms with Gasteiger partial charge in [0.1, 0.15) is 6.54 Å². The number of amides is 1. The van der Waals surface area contributed by atoms with Gasteiger partial charge in [-0.25, -0.2) is 13.1 Å². The zero-order valence-corrected chi connectivity index (χ0v) is 16.5. The SMILES string of the molecule is Cc1ccc(/C=C/S(=O)(=O)NCC(=O)OCC(=O)Nc2ccccc2C)cc1. The predicted octanol–water partition coefficient (Wildman–Crippen LogP) is 2.38. The van der Waals surface area contributed by atoms with Crippen molar-refractivity contribution in [2.24, 2.45) is 0 Å². The Hall–Kier alpha value is -2.97. The van der Waals surface area contributed by atoms with Crippen LogP contribution in [-0.2, 0) is 24.3 Å². The highest BCUT2D eigenvalue weighted by Gasteiger charge is 2.12. The minimum Gasteiger partial charge on any atom is -0.455 e. The van der Waals surface area contributed by atoms with Crippen molar-refractivity contribution in [1.82, 2.24) is 4.72 Å². The predicted molar refractivity (Wildman–Crippen MR) is 108 cm³/mol. The van der Waals surface area contributed by atoms with Crippen LogP contribution in [0.4, 0.5) is 5.69 Å². The molecule has 0 aliphatic carbocycles. The zero-order chi connectivity index (χ0) is 20.6. The number of sulfonamides is 1. The number of carbonyl (C=O) groups excluding carboxylic acids is 2. The maximum atomic E-state index is 11.9. The Morgan fingerprint density at radius 1 is 1.04 bits per heavy atom. The molecule has 0 saturated heterocycles. The Bertz CT molecular complexity index is 966. The normalized spacial score (nSPS) is 11.4. The molecule has 148 valence electrons. The molecule has 0 atom stereocenters. The summed E-state index contributed by atoms with van der Waals surface area (Å²) in [6.07, 6.45) is 1.42. The van der Waals surface area contributed by atoms with Gasteiger partial charge in [0, 0.05) is 11.1 Å². The number of para-hydroxylation sites is 1. The first-order valence-corrected chi connectivity index (χ1v) is 10.1. The fraction of sp³-hybridized carbons (Fsp3) is 0.200. The van der Waals surface area contributed by atoms with Gasteiger partial charge in [-0.2, -0.15) is 0 Å². The van der Waals surface area contributed by atoms with Crippen LogP contribution in [-0.4, -0.2) is 33.4 Å². The van der Waals surface area contributed by atoms with Gasteiger partial charge in [0.05, 0.1) is 0 Å². The first kappa shape index (κ1) is 21.3. The summed E-state index contributed by atoms with van der Waals surface area (Å²) in [4.78, 5) is 23.5. The lowest BCUT2D eigenvalue weighted by Crippen LogP contribution is -2.31. The van der Waals surface area contributed by atoms with Gasteiger partial charge in [0.15, 0.2) is 6.61 Å². The van der Waals surface area contributed by atoms with Gasteiger partial charge >= 0.3 is 5.97 Å². The van der Waals surface area contributed by atoms with Crippen molar-refractivity contribution in [3.63, 3.8) is 0 Å². The second-order valence-corrected chi connectivity index (χ2v) is 7.75. The van der Waals surface area contributed by atoms with Crippen LogP contribution in [0, 0.1) is 13.8 Å². The molecule has 28 heavy (non-hydrogen) atoms. The van der Waals surface area contributed by atoms with Gasteiger partial charge in [-0.15, -0.1) is 0 Å². The molecular weight excluding hydrogens is 380 g/mol. The summed E-state index contributed by atoms with van der Waals surface area (Å²) in [6, 6.07) is 14.4. The zero-order valence-electron chi connectivity index (χ0n) is 15.6. The smallest absolute Gasteiger partial charge is 0.321 e. The van der Waals surface area contributed by atoms with Crippen molar-refractivity contribution in [3.8, 4) is 0 Å². The average Bonchev–Trinajstić information content (AvgIpc) is 2.66. The van der Waals surface area contributed by atoms with Crippen LogP contribution in [0.3, 0.4) is 0 Å². The third-order valence-corrected chi connectivity index (χ3v) is 4.76. The minimum absolute atomic E-state index is 0.506. The largest absolute Gasteiger partial charge is 0.455 e. The van der Waals surface area contributed by atoms with E-state index < -0.39 is 35.1 Å². The van der Waals surface area contributed by atoms with Crippen molar-refractivity contribution in [3.05, 3.63) is 70.6 Å². The number of rotatable bonds is 8. The molecule has 0 aliphatic rings. The molecule has 0 aliphatic heterocycles. The molecule has 2 rings (SSSR count). The molecule has 7 nitrogen and oxygen atoms in total. The molecule has 0 unspecified atom stereocenters. The van der Waals surface area contributed by atoms with E-state index in [1.54, 1.807) is 24.3 Å². The lowest BCUT2D eigenvalue weighted by atomic mass is 10.2. The first-order valence-electron chi connectivity index (χ1n) is 8.51. The molecule has 2 aromatic rings. The maximum absolute atomic E-state index is 11.9. The third-order valence-electron chi connectivity index (χ3n) is 3.72. The summed E-state index contributed by atoms with van der Waals surface area (Å²) < 4.78 is 30.7. The molecule has 0 spiro atoms. The number of hydrogen-bond donors (Lipinski definition) is 2. The number of carbonyl (C=O) groups is 2. The third kappa shape index (κ3) is 7.34. The quantitative estimate of drug-likeness (QED) is 0.660. The van der Waals surface area contributed by atoms with E-state index in [-0.39, 0.29) is 0 Å². The molecule has 2 aromatic carbocycles. The number of esters is 1. The van der Waals surface area contributed by atoms with Gasteiger partial charge in [0.2, 0.25) is 10.0 Å². The highest BCUT2D eigenvalue weighted by molar-refractivity contribution is 7.92. The number of benzene rings is 2. The van der Waals surface area contributed by atoms with Crippen LogP contribution in [0.25, 0.3) is 6.08 Å². The number of ether oxygens (including phenoxy) is 1. The van der Waals surface area contributed by atoms with Crippen LogP contribution in [0.2, 0.25) is 0 Å². The summed E-state index contributed by atoms with van der Waals surface area (Å²) in [5.74, 6) is -1.36. The summed E-state index contributed by atoms with van der Waals surface area (Å²) in [5, 5.41) is 3.58. The molecule has 0 heterocycles. The fourth-order valence-electron chi connectivity index (χ4n) is 2.15. The summed E-state index contributed by atoms with van der Waals surface area (Å²) in [6.45, 7) is 2.69. The highest BCUT2D eigenvalue weighted by atomic mass is 32.2. The average molecular weight is 402 g/mol. The standard InChI is InChI=1S/C20H22N2O5S/c1-15-7-9-17(10-8-15)11-12-28(25,26)21-13-20(24)27-14-19(23)22-18-6-4-3-5-16(18)2/h3-12,21H,13-14H2,1-2H3,(H,22,23)/b12-11+. The van der Waals surface area contributed by atoms with Crippen molar-refractivity contribution in [2.45, 2.75) is 13.8 Å². The molecule has 0 radical (unpaired) electrons. The highest BCUT2D eigenvalue weighted by Crippen LogP contribution is 2.12. The van der Waals surface area contributed by atoms with Crippen LogP contribution < -0.4 is 10.0 Å². The molecule has 0 aromatic heterocycles. The number of aryl methyl sites for hydroxylation is 2. The van der Waals surface area contributed by atoms with Gasteiger partial charge in [-0.3, -0.25) is 9.59 Å². The van der Waals surface area contributed by atoms with Crippen molar-refractivity contribution >= 4 is 33.7 Å². The Morgan fingerprint density at radius 2 is 1.71 bits per heavy atom. The number of hydrogen-bond acceptors (Lipinski definition) is 5. The molecular formula is C20H22N2O5S. The molecule has 0 bridgehead atoms. The monoisotopic (exact) mass is 402 g/mol. The van der Waals surface area contributed by atoms with Gasteiger partial charge in [0.25, 0.3) is 5.91 Å². The minimum atomic E-state index is -3.81. The van der Waals surface area contributed by atoms with E-state index in [0.29, 0.717) is 11.3 Å². The summed E-state index contributed by atoms with van der Waals surface area (Å²) in [5.41, 5.74) is 3.26. The molecule has 1 amide bonds. The summed E-state index contributed by atoms with van der Waals surface area (Å²) >= 11 is 0. The van der Waals surface area contributed by atoms with Gasteiger partial charge < -0.3 is 10.1 Å². The Balaban J connectivity index is 1.77. The van der Waals surface area contributed by atoms with E-state index in [0.717, 1.165) is 16.5 Å². The van der Waals surface area contributed by atoms with Gasteiger partial charge in [-0.05, 0) is 37.1 Å². The van der Waals surface area contributed by atoms with E-state index in [4.69, 9.17) is 4.74 Å². The van der Waals surface area contributed by atoms with E-state index in [1.165, 1.54) is 6.08 Å². The molecule has 8 heteroatoms. The second-order valence-electron chi connectivity index (χ2n) is 6.10. The Kier molecular flexibility index (Phi) is 7.48. The number of anilines is 1. The van der Waals surface area contributed by atoms with E-state index >= 15 is 0 Å². The lowest BCUT2D eigenvalue weighted by molar-refractivity contribution is -0.146. The van der Waals surface area contributed by atoms with Gasteiger partial charge in [-0.1, -0.05) is 48.0 Å². The van der Waals surface area contributed by atoms with Crippen LogP contribution in [0.5, 0.6) is 0 Å². The van der Waals surface area contributed by atoms with Crippen LogP contribution in [0.15, 0.2) is 53.9 Å². The van der Waals surface area contributed by atoms with E-state index in [2.05, 4.69) is 10.0 Å². The summed E-state index contributed by atoms with van der Waals surface area (Å²) in [7, 11) is -3.81. The second kappa shape index (κ2) is 9.82. The molecule has 0 saturated carbocycles. The van der Waals surface area contributed by atoms with Crippen molar-refractivity contribution < 1.29 is 22.7 Å². The Labute approximate surface area is 164 Å². The lowest BCUT2D eigenvalue weighted by Gasteiger charge is -2.08. The fourth-order valence-corrected chi connectivity index (χ4v) is 2.90. The van der Waals surface area contributed by atoms with Crippen LogP contribution in [0.1, 0.15) is 16.7 Å². The van der Waals surface area contributed by atoms with E-state index in [1.807, 2.05) is 38.1 Å². The molecule has 2 N–H and O–H groups in total. The maximum Gasteiger partial charge on any atom is 0.321 e. The van der Waals surface area contributed by atoms with Crippen LogP contribution >= 0.6 is 0 Å². The number of nitrogens with one attached hydrogen (secondary N) is 2. The van der Waals surface area contributed by atoms with E-state index in [9.17, 15) is 18.0 Å². The van der Waals surface area contributed by atoms with Crippen molar-refractivity contribution in [2.75, 3.05) is 18.5 Å². The molecule has 0 fully saturated rings. The Morgan fingerprint density at radius 3 is 2.39 bits per heavy atom. The topological polar surface area (TPSA) is 102 Å². The van der Waals surface area contributed by atoms with Crippen molar-refractivity contribution in [1.29, 1.82) is 0 Å². The first-order chi connectivity index (χ1) is 13.2.